The maximum absolute atomic E-state index is 12.7. The minimum absolute atomic E-state index is 0.144. The molecule has 4 rings (SSSR count). The van der Waals surface area contributed by atoms with Crippen molar-refractivity contribution < 1.29 is 14.4 Å². The molecule has 0 aliphatic carbocycles. The van der Waals surface area contributed by atoms with E-state index in [4.69, 9.17) is 0 Å². The van der Waals surface area contributed by atoms with Gasteiger partial charge in [-0.05, 0) is 74.4 Å². The summed E-state index contributed by atoms with van der Waals surface area (Å²) >= 11 is 0. The molecule has 0 amide bonds. The topological polar surface area (TPSA) is 57.5 Å². The lowest BCUT2D eigenvalue weighted by Gasteiger charge is -2.42. The molecule has 4 aromatic rings. The van der Waals surface area contributed by atoms with Gasteiger partial charge < -0.3 is 9.59 Å². The van der Waals surface area contributed by atoms with E-state index in [9.17, 15) is 14.4 Å². The first-order valence-electron chi connectivity index (χ1n) is 18.3. The zero-order valence-electron chi connectivity index (χ0n) is 31.0. The second-order valence-electron chi connectivity index (χ2n) is 14.9. The van der Waals surface area contributed by atoms with E-state index in [1.165, 1.54) is 6.08 Å². The first-order valence-corrected chi connectivity index (χ1v) is 22.2. The van der Waals surface area contributed by atoms with Gasteiger partial charge >= 0.3 is 0 Å². The molecule has 0 heterocycles. The summed E-state index contributed by atoms with van der Waals surface area (Å²) in [5, 5.41) is 3.37. The molecule has 4 aromatic carbocycles. The van der Waals surface area contributed by atoms with Gasteiger partial charge in [-0.25, -0.2) is 0 Å². The summed E-state index contributed by atoms with van der Waals surface area (Å²) in [4.78, 5) is 36.4. The van der Waals surface area contributed by atoms with Gasteiger partial charge in [-0.15, -0.1) is 0 Å². The van der Waals surface area contributed by atoms with Crippen LogP contribution in [0.2, 0.25) is 10.1 Å². The lowest BCUT2D eigenvalue weighted by Crippen LogP contribution is -2.65. The molecule has 266 valence electrons. The van der Waals surface area contributed by atoms with Gasteiger partial charge in [0.15, 0.2) is 0 Å². The van der Waals surface area contributed by atoms with Gasteiger partial charge in [0.1, 0.15) is 6.29 Å². The maximum atomic E-state index is 12.7. The van der Waals surface area contributed by atoms with Crippen LogP contribution in [0.25, 0.3) is 0 Å². The third kappa shape index (κ3) is 9.60. The maximum Gasteiger partial charge on any atom is 0.258 e. The molecule has 0 unspecified atom stereocenters. The van der Waals surface area contributed by atoms with E-state index < -0.39 is 21.7 Å². The number of hydrogen-bond donors (Lipinski definition) is 2. The summed E-state index contributed by atoms with van der Waals surface area (Å²) in [6, 6.07) is 40.8. The number of carbonyl (C=O) groups is 1. The van der Waals surface area contributed by atoms with Crippen molar-refractivity contribution in [3.8, 4) is 0 Å². The van der Waals surface area contributed by atoms with Gasteiger partial charge in [0.25, 0.3) is 16.6 Å². The normalized spacial score (nSPS) is 14.5. The molecule has 0 spiro atoms. The standard InChI is InChI=1S/C46H56O3Si2/c1-6-39(37-45(2,3)50(48,41-28-16-8-17-29-41)42-30-18-9-19-31-42)25-13-7-14-26-40(27-15-12-24-36-47)38-46(4,5)51(49,43-32-20-10-21-33-43)44-34-22-11-23-35-44/h7-25,27-36,39-40,48-49H,6,26,37-38H2,1-5H3/b14-7-,24-12+,25-13+,27-15+/t39-,40-/m1/s1. The van der Waals surface area contributed by atoms with Crippen molar-refractivity contribution in [1.82, 2.24) is 0 Å². The molecule has 51 heavy (non-hydrogen) atoms. The summed E-state index contributed by atoms with van der Waals surface area (Å²) in [6.45, 7) is 11.1. The van der Waals surface area contributed by atoms with Gasteiger partial charge in [-0.2, -0.15) is 0 Å². The summed E-state index contributed by atoms with van der Waals surface area (Å²) < 4.78 is 0. The Labute approximate surface area is 309 Å². The highest BCUT2D eigenvalue weighted by Gasteiger charge is 2.51. The number of allylic oxidation sites excluding steroid dienone is 8. The molecule has 0 bridgehead atoms. The predicted octanol–water partition coefficient (Wildman–Crippen LogP) is 8.29. The second kappa shape index (κ2) is 18.4. The fourth-order valence-electron chi connectivity index (χ4n) is 7.68. The Morgan fingerprint density at radius 2 is 0.882 bits per heavy atom. The first kappa shape index (κ1) is 39.6. The molecular weight excluding hydrogens is 657 g/mol. The third-order valence-corrected chi connectivity index (χ3v) is 19.5. The number of aldehydes is 1. The Morgan fingerprint density at radius 1 is 0.529 bits per heavy atom. The molecule has 0 radical (unpaired) electrons. The van der Waals surface area contributed by atoms with Crippen LogP contribution in [-0.4, -0.2) is 32.5 Å². The van der Waals surface area contributed by atoms with E-state index in [-0.39, 0.29) is 11.0 Å². The highest BCUT2D eigenvalue weighted by atomic mass is 28.4. The van der Waals surface area contributed by atoms with E-state index in [2.05, 4.69) is 114 Å². The average Bonchev–Trinajstić information content (AvgIpc) is 3.16. The fraction of sp³-hybridized carbons (Fsp3) is 0.283. The van der Waals surface area contributed by atoms with Crippen molar-refractivity contribution in [3.63, 3.8) is 0 Å². The lowest BCUT2D eigenvalue weighted by atomic mass is 9.92. The average molecular weight is 713 g/mol. The van der Waals surface area contributed by atoms with Gasteiger partial charge in [-0.3, -0.25) is 4.79 Å². The van der Waals surface area contributed by atoms with Crippen molar-refractivity contribution >= 4 is 43.7 Å². The van der Waals surface area contributed by atoms with E-state index in [0.717, 1.165) is 52.7 Å². The SMILES string of the molecule is CC[C@H](/C=C/C=C\C[C@H](/C=C/C=C/C=O)CC(C)(C)[Si](O)(c1ccccc1)c1ccccc1)CC(C)(C)[Si](O)(c1ccccc1)c1ccccc1. The van der Waals surface area contributed by atoms with Crippen LogP contribution in [0.1, 0.15) is 60.3 Å². The number of rotatable bonds is 18. The summed E-state index contributed by atoms with van der Waals surface area (Å²) in [7, 11) is -6.26. The van der Waals surface area contributed by atoms with Crippen LogP contribution < -0.4 is 20.7 Å². The van der Waals surface area contributed by atoms with E-state index in [0.29, 0.717) is 5.92 Å². The van der Waals surface area contributed by atoms with Crippen LogP contribution in [0, 0.1) is 11.8 Å². The van der Waals surface area contributed by atoms with Crippen LogP contribution in [0.4, 0.5) is 0 Å². The Kier molecular flexibility index (Phi) is 14.3. The van der Waals surface area contributed by atoms with Crippen LogP contribution in [0.5, 0.6) is 0 Å². The number of hydrogen-bond acceptors (Lipinski definition) is 3. The van der Waals surface area contributed by atoms with Crippen LogP contribution in [-0.2, 0) is 4.79 Å². The van der Waals surface area contributed by atoms with Gasteiger partial charge in [-0.1, -0.05) is 198 Å². The van der Waals surface area contributed by atoms with Gasteiger partial charge in [0.05, 0.1) is 0 Å². The molecule has 0 saturated carbocycles. The zero-order chi connectivity index (χ0) is 36.8. The van der Waals surface area contributed by atoms with Crippen molar-refractivity contribution in [2.45, 2.75) is 70.4 Å². The van der Waals surface area contributed by atoms with Gasteiger partial charge in [0, 0.05) is 0 Å². The smallest absolute Gasteiger partial charge is 0.258 e. The minimum atomic E-state index is -3.17. The summed E-state index contributed by atoms with van der Waals surface area (Å²) in [5.74, 6) is 0.447. The van der Waals surface area contributed by atoms with Crippen molar-refractivity contribution in [1.29, 1.82) is 0 Å². The molecule has 3 nitrogen and oxygen atoms in total. The largest absolute Gasteiger partial charge is 0.424 e. The Morgan fingerprint density at radius 3 is 1.25 bits per heavy atom. The van der Waals surface area contributed by atoms with E-state index >= 15 is 0 Å². The molecule has 2 N–H and O–H groups in total. The molecular formula is C46H56O3Si2. The van der Waals surface area contributed by atoms with Crippen LogP contribution in [0.15, 0.2) is 170 Å². The molecule has 0 fully saturated rings. The Balaban J connectivity index is 1.54. The van der Waals surface area contributed by atoms with Crippen molar-refractivity contribution in [3.05, 3.63) is 170 Å². The van der Waals surface area contributed by atoms with Crippen molar-refractivity contribution in [2.24, 2.45) is 11.8 Å². The quantitative estimate of drug-likeness (QED) is 0.0473. The Hall–Kier alpha value is -4.14. The molecule has 0 aliphatic rings. The molecule has 0 aromatic heterocycles. The van der Waals surface area contributed by atoms with E-state index in [1.54, 1.807) is 6.08 Å². The molecule has 0 aliphatic heterocycles. The summed E-state index contributed by atoms with van der Waals surface area (Å²) in [6.07, 6.45) is 20.4. The van der Waals surface area contributed by atoms with Gasteiger partial charge in [0.2, 0.25) is 0 Å². The van der Waals surface area contributed by atoms with E-state index in [1.807, 2.05) is 78.9 Å². The van der Waals surface area contributed by atoms with Crippen LogP contribution >= 0.6 is 0 Å². The van der Waals surface area contributed by atoms with Crippen molar-refractivity contribution in [2.75, 3.05) is 0 Å². The monoisotopic (exact) mass is 712 g/mol. The number of benzene rings is 4. The predicted molar refractivity (Wildman–Crippen MR) is 222 cm³/mol. The number of carbonyl (C=O) groups excluding carboxylic acids is 1. The molecule has 0 saturated heterocycles. The molecule has 2 atom stereocenters. The highest BCUT2D eigenvalue weighted by Crippen LogP contribution is 2.44. The Bertz CT molecular complexity index is 1660. The molecule has 5 heteroatoms. The first-order chi connectivity index (χ1) is 24.5. The second-order valence-corrected chi connectivity index (χ2v) is 22.8. The fourth-order valence-corrected chi connectivity index (χ4v) is 15.3. The minimum Gasteiger partial charge on any atom is -0.424 e. The van der Waals surface area contributed by atoms with Crippen LogP contribution in [0.3, 0.4) is 0 Å². The lowest BCUT2D eigenvalue weighted by molar-refractivity contribution is -0.104. The zero-order valence-corrected chi connectivity index (χ0v) is 33.0. The third-order valence-electron chi connectivity index (χ3n) is 10.5. The summed E-state index contributed by atoms with van der Waals surface area (Å²) in [5.41, 5.74) is 0. The highest BCUT2D eigenvalue weighted by molar-refractivity contribution is 6.99.